The fourth-order valence-corrected chi connectivity index (χ4v) is 1.76. The Morgan fingerprint density at radius 1 is 1.55 bits per heavy atom. The lowest BCUT2D eigenvalue weighted by Gasteiger charge is -2.06. The topological polar surface area (TPSA) is 51.5 Å². The Kier molecular flexibility index (Phi) is 4.17. The van der Waals surface area contributed by atoms with Gasteiger partial charge in [0, 0.05) is 12.0 Å². The van der Waals surface area contributed by atoms with Crippen LogP contribution in [0.2, 0.25) is 0 Å². The summed E-state index contributed by atoms with van der Waals surface area (Å²) in [5, 5.41) is 0. The Morgan fingerprint density at radius 2 is 2.25 bits per heavy atom. The maximum atomic E-state index is 11.8. The van der Waals surface area contributed by atoms with Crippen LogP contribution < -0.4 is 5.48 Å². The predicted molar refractivity (Wildman–Crippen MR) is 64.4 cm³/mol. The highest BCUT2D eigenvalue weighted by Gasteiger charge is 2.36. The van der Waals surface area contributed by atoms with Crippen LogP contribution in [0.3, 0.4) is 0 Å². The van der Waals surface area contributed by atoms with E-state index >= 15 is 0 Å². The first-order valence-corrected chi connectivity index (χ1v) is 6.11. The maximum Gasteiger partial charge on any atom is 0.414 e. The first kappa shape index (κ1) is 14.6. The molecule has 0 bridgehead atoms. The summed E-state index contributed by atoms with van der Waals surface area (Å²) < 4.78 is 40.8. The van der Waals surface area contributed by atoms with E-state index in [0.717, 1.165) is 18.3 Å². The lowest BCUT2D eigenvalue weighted by Crippen LogP contribution is -2.28. The standard InChI is InChI=1S/C13H14F3NO3/c1-8-6-10(8)11-4-2-9(20-11)3-5-12(18)17-19-7-13(14,15)16/h2-5,8,10H,6-7H2,1H3,(H,17,18)/b5-3+. The van der Waals surface area contributed by atoms with Crippen molar-refractivity contribution in [2.24, 2.45) is 5.92 Å². The SMILES string of the molecule is CC1CC1c1ccc(/C=C/C(=O)NOCC(F)(F)F)o1. The van der Waals surface area contributed by atoms with Gasteiger partial charge < -0.3 is 4.42 Å². The van der Waals surface area contributed by atoms with Crippen LogP contribution in [-0.4, -0.2) is 18.7 Å². The van der Waals surface area contributed by atoms with E-state index in [1.165, 1.54) is 6.08 Å². The van der Waals surface area contributed by atoms with Crippen molar-refractivity contribution in [3.63, 3.8) is 0 Å². The van der Waals surface area contributed by atoms with Crippen molar-refractivity contribution in [3.05, 3.63) is 29.7 Å². The van der Waals surface area contributed by atoms with Gasteiger partial charge in [-0.2, -0.15) is 13.2 Å². The van der Waals surface area contributed by atoms with Gasteiger partial charge in [0.15, 0.2) is 6.61 Å². The van der Waals surface area contributed by atoms with Crippen LogP contribution in [0.15, 0.2) is 22.6 Å². The monoisotopic (exact) mass is 289 g/mol. The molecule has 1 amide bonds. The molecule has 1 fully saturated rings. The average Bonchev–Trinajstić information content (AvgIpc) is 2.89. The quantitative estimate of drug-likeness (QED) is 0.669. The van der Waals surface area contributed by atoms with Gasteiger partial charge in [0.1, 0.15) is 11.5 Å². The zero-order valence-corrected chi connectivity index (χ0v) is 10.7. The molecule has 0 aliphatic heterocycles. The number of hydrogen-bond acceptors (Lipinski definition) is 3. The number of hydrogen-bond donors (Lipinski definition) is 1. The molecule has 110 valence electrons. The highest BCUT2D eigenvalue weighted by Crippen LogP contribution is 2.47. The van der Waals surface area contributed by atoms with Crippen molar-refractivity contribution in [2.45, 2.75) is 25.4 Å². The summed E-state index contributed by atoms with van der Waals surface area (Å²) >= 11 is 0. The van der Waals surface area contributed by atoms with Crippen LogP contribution in [-0.2, 0) is 9.63 Å². The van der Waals surface area contributed by atoms with Crippen molar-refractivity contribution in [1.29, 1.82) is 0 Å². The first-order chi connectivity index (χ1) is 9.35. The molecule has 1 aliphatic carbocycles. The van der Waals surface area contributed by atoms with Crippen LogP contribution in [0.1, 0.15) is 30.8 Å². The van der Waals surface area contributed by atoms with Gasteiger partial charge in [-0.25, -0.2) is 5.48 Å². The molecule has 2 atom stereocenters. The minimum atomic E-state index is -4.48. The zero-order valence-electron chi connectivity index (χ0n) is 10.7. The minimum Gasteiger partial charge on any atom is -0.461 e. The lowest BCUT2D eigenvalue weighted by molar-refractivity contribution is -0.190. The molecule has 1 heterocycles. The Hall–Kier alpha value is -1.76. The minimum absolute atomic E-state index is 0.432. The molecule has 0 radical (unpaired) electrons. The van der Waals surface area contributed by atoms with E-state index in [2.05, 4.69) is 11.8 Å². The molecular weight excluding hydrogens is 275 g/mol. The van der Waals surface area contributed by atoms with Crippen LogP contribution in [0.5, 0.6) is 0 Å². The summed E-state index contributed by atoms with van der Waals surface area (Å²) in [6, 6.07) is 3.55. The number of amides is 1. The Bertz CT molecular complexity index is 507. The van der Waals surface area contributed by atoms with Crippen molar-refractivity contribution < 1.29 is 27.2 Å². The molecule has 1 aromatic heterocycles. The molecule has 1 N–H and O–H groups in total. The number of rotatable bonds is 5. The van der Waals surface area contributed by atoms with Gasteiger partial charge in [0.25, 0.3) is 5.91 Å². The number of halogens is 3. The van der Waals surface area contributed by atoms with Crippen LogP contribution in [0, 0.1) is 5.92 Å². The van der Waals surface area contributed by atoms with Gasteiger partial charge in [-0.1, -0.05) is 6.92 Å². The lowest BCUT2D eigenvalue weighted by atomic mass is 10.3. The molecule has 1 aromatic rings. The summed E-state index contributed by atoms with van der Waals surface area (Å²) in [6.45, 7) is 0.588. The van der Waals surface area contributed by atoms with Gasteiger partial charge >= 0.3 is 6.18 Å². The second kappa shape index (κ2) is 5.70. The second-order valence-corrected chi connectivity index (χ2v) is 4.76. The first-order valence-electron chi connectivity index (χ1n) is 6.11. The molecule has 20 heavy (non-hydrogen) atoms. The largest absolute Gasteiger partial charge is 0.461 e. The third-order valence-electron chi connectivity index (χ3n) is 2.93. The fraction of sp³-hybridized carbons (Fsp3) is 0.462. The van der Waals surface area contributed by atoms with Crippen molar-refractivity contribution >= 4 is 12.0 Å². The van der Waals surface area contributed by atoms with Gasteiger partial charge in [-0.05, 0) is 30.5 Å². The summed E-state index contributed by atoms with van der Waals surface area (Å²) in [5.41, 5.74) is 1.67. The third kappa shape index (κ3) is 4.41. The number of alkyl halides is 3. The summed E-state index contributed by atoms with van der Waals surface area (Å²) in [6.07, 6.45) is -0.964. The molecule has 2 unspecified atom stereocenters. The van der Waals surface area contributed by atoms with Crippen LogP contribution in [0.4, 0.5) is 13.2 Å². The Balaban J connectivity index is 1.77. The van der Waals surface area contributed by atoms with Gasteiger partial charge in [0.2, 0.25) is 0 Å². The summed E-state index contributed by atoms with van der Waals surface area (Å²) in [4.78, 5) is 15.2. The average molecular weight is 289 g/mol. The number of carbonyl (C=O) groups excluding carboxylic acids is 1. The molecule has 0 saturated heterocycles. The predicted octanol–water partition coefficient (Wildman–Crippen LogP) is 3.03. The number of carbonyl (C=O) groups is 1. The van der Waals surface area contributed by atoms with Gasteiger partial charge in [0.05, 0.1) is 0 Å². The van der Waals surface area contributed by atoms with Crippen molar-refractivity contribution in [1.82, 2.24) is 5.48 Å². The summed E-state index contributed by atoms with van der Waals surface area (Å²) in [5.74, 6) is 1.60. The number of hydroxylamine groups is 1. The van der Waals surface area contributed by atoms with Crippen LogP contribution >= 0.6 is 0 Å². The highest BCUT2D eigenvalue weighted by molar-refractivity contribution is 5.90. The maximum absolute atomic E-state index is 11.8. The summed E-state index contributed by atoms with van der Waals surface area (Å²) in [7, 11) is 0. The van der Waals surface area contributed by atoms with E-state index in [1.807, 2.05) is 6.07 Å². The second-order valence-electron chi connectivity index (χ2n) is 4.76. The van der Waals surface area contributed by atoms with E-state index in [-0.39, 0.29) is 0 Å². The number of furan rings is 1. The molecule has 0 aromatic carbocycles. The van der Waals surface area contributed by atoms with Crippen molar-refractivity contribution in [2.75, 3.05) is 6.61 Å². The van der Waals surface area contributed by atoms with E-state index in [4.69, 9.17) is 4.42 Å². The van der Waals surface area contributed by atoms with E-state index in [0.29, 0.717) is 17.6 Å². The molecule has 4 nitrogen and oxygen atoms in total. The van der Waals surface area contributed by atoms with E-state index in [9.17, 15) is 18.0 Å². The van der Waals surface area contributed by atoms with Gasteiger partial charge in [-0.15, -0.1) is 0 Å². The zero-order chi connectivity index (χ0) is 14.8. The Morgan fingerprint density at radius 3 is 2.85 bits per heavy atom. The fourth-order valence-electron chi connectivity index (χ4n) is 1.76. The highest BCUT2D eigenvalue weighted by atomic mass is 19.4. The molecule has 2 rings (SSSR count). The molecule has 1 saturated carbocycles. The van der Waals surface area contributed by atoms with Crippen molar-refractivity contribution in [3.8, 4) is 0 Å². The van der Waals surface area contributed by atoms with E-state index in [1.54, 1.807) is 11.5 Å². The Labute approximate surface area is 113 Å². The number of nitrogens with one attached hydrogen (secondary N) is 1. The van der Waals surface area contributed by atoms with Gasteiger partial charge in [-0.3, -0.25) is 9.63 Å². The molecule has 1 aliphatic rings. The van der Waals surface area contributed by atoms with E-state index < -0.39 is 18.7 Å². The third-order valence-corrected chi connectivity index (χ3v) is 2.93. The smallest absolute Gasteiger partial charge is 0.414 e. The molecular formula is C13H14F3NO3. The molecule has 0 spiro atoms. The van der Waals surface area contributed by atoms with Crippen LogP contribution in [0.25, 0.3) is 6.08 Å². The normalized spacial score (nSPS) is 22.2. The molecule has 7 heteroatoms.